The summed E-state index contributed by atoms with van der Waals surface area (Å²) in [6, 6.07) is 8.50. The van der Waals surface area contributed by atoms with E-state index in [0.29, 0.717) is 40.7 Å². The number of nitrogens with zero attached hydrogens (tertiary/aromatic N) is 3. The molecule has 2 fully saturated rings. The number of nitriles is 1. The first-order valence-electron chi connectivity index (χ1n) is 11.8. The van der Waals surface area contributed by atoms with Gasteiger partial charge in [0.1, 0.15) is 12.2 Å². The van der Waals surface area contributed by atoms with Crippen LogP contribution in [0.25, 0.3) is 10.4 Å². The van der Waals surface area contributed by atoms with Gasteiger partial charge in [-0.2, -0.15) is 15.9 Å². The molecule has 2 aliphatic rings. The quantitative estimate of drug-likeness (QED) is 0.440. The first-order valence-corrected chi connectivity index (χ1v) is 14.5. The lowest BCUT2D eigenvalue weighted by Crippen LogP contribution is -2.41. The van der Waals surface area contributed by atoms with Crippen molar-refractivity contribution in [1.29, 1.82) is 5.26 Å². The zero-order chi connectivity index (χ0) is 26.0. The maximum absolute atomic E-state index is 14.3. The highest BCUT2D eigenvalue weighted by Crippen LogP contribution is 2.46. The zero-order valence-electron chi connectivity index (χ0n) is 19.7. The molecule has 3 N–H and O–H groups in total. The summed E-state index contributed by atoms with van der Waals surface area (Å²) in [5, 5.41) is 11.3. The second-order valence-corrected chi connectivity index (χ2v) is 12.7. The largest absolute Gasteiger partial charge is 0.368 e. The molecule has 1 aromatic carbocycles. The topological polar surface area (TPSA) is 109 Å². The minimum atomic E-state index is -2.78. The lowest BCUT2D eigenvalue weighted by Gasteiger charge is -2.41. The highest BCUT2D eigenvalue weighted by atomic mass is 32.3. The fourth-order valence-electron chi connectivity index (χ4n) is 4.80. The molecule has 2 aromatic rings. The van der Waals surface area contributed by atoms with Crippen LogP contribution in [0.5, 0.6) is 0 Å². The number of carbonyl (C=O) groups is 1. The normalized spacial score (nSPS) is 25.7. The van der Waals surface area contributed by atoms with E-state index in [0.717, 1.165) is 17.0 Å². The molecule has 1 amide bonds. The molecular weight excluding hydrogens is 513 g/mol. The van der Waals surface area contributed by atoms with Crippen LogP contribution in [0.15, 0.2) is 24.3 Å². The van der Waals surface area contributed by atoms with Crippen LogP contribution in [0, 0.1) is 17.2 Å². The Morgan fingerprint density at radius 3 is 2.53 bits per heavy atom. The SMILES string of the molecule is C[C@@H](C#N)NC(=O)[C@@H]1C[C@@H](F)CC[C@H]1c1nc(C(F)F)sc1-c1ccc(N2CCS(O)(O)CC2)cc1. The summed E-state index contributed by atoms with van der Waals surface area (Å²) in [6.07, 6.45) is -3.52. The van der Waals surface area contributed by atoms with E-state index in [1.54, 1.807) is 0 Å². The predicted octanol–water partition coefficient (Wildman–Crippen LogP) is 5.57. The highest BCUT2D eigenvalue weighted by Gasteiger charge is 2.40. The number of carbonyl (C=O) groups excluding carboxylic acids is 1. The number of hydrogen-bond acceptors (Lipinski definition) is 7. The Labute approximate surface area is 213 Å². The Morgan fingerprint density at radius 2 is 1.92 bits per heavy atom. The van der Waals surface area contributed by atoms with Gasteiger partial charge in [-0.05, 0) is 43.9 Å². The number of aromatic nitrogens is 1. The monoisotopic (exact) mass is 542 g/mol. The molecular formula is C24H29F3N4O3S2. The Hall–Kier alpha value is -2.33. The summed E-state index contributed by atoms with van der Waals surface area (Å²) in [6.45, 7) is 2.54. The third-order valence-electron chi connectivity index (χ3n) is 6.75. The number of anilines is 1. The number of halogens is 3. The molecule has 36 heavy (non-hydrogen) atoms. The van der Waals surface area contributed by atoms with Gasteiger partial charge in [-0.3, -0.25) is 13.9 Å². The van der Waals surface area contributed by atoms with Crippen molar-refractivity contribution < 1.29 is 27.1 Å². The molecule has 2 heterocycles. The van der Waals surface area contributed by atoms with E-state index in [9.17, 15) is 27.1 Å². The molecule has 0 unspecified atom stereocenters. The van der Waals surface area contributed by atoms with E-state index >= 15 is 0 Å². The predicted molar refractivity (Wildman–Crippen MR) is 135 cm³/mol. The number of nitrogens with one attached hydrogen (secondary N) is 1. The van der Waals surface area contributed by atoms with E-state index in [2.05, 4.69) is 10.3 Å². The molecule has 1 aromatic heterocycles. The van der Waals surface area contributed by atoms with Crippen LogP contribution in [0.4, 0.5) is 18.9 Å². The summed E-state index contributed by atoms with van der Waals surface area (Å²) in [5.74, 6) is -1.23. The molecule has 0 radical (unpaired) electrons. The van der Waals surface area contributed by atoms with Gasteiger partial charge in [0.05, 0.1) is 28.1 Å². The zero-order valence-corrected chi connectivity index (χ0v) is 21.4. The molecule has 7 nitrogen and oxygen atoms in total. The molecule has 4 rings (SSSR count). The number of hydrogen-bond donors (Lipinski definition) is 3. The maximum atomic E-state index is 14.3. The van der Waals surface area contributed by atoms with Gasteiger partial charge in [0.15, 0.2) is 5.01 Å². The third-order valence-corrected chi connectivity index (χ3v) is 9.55. The molecule has 0 spiro atoms. The molecule has 1 saturated carbocycles. The molecule has 12 heteroatoms. The van der Waals surface area contributed by atoms with Crippen LogP contribution < -0.4 is 10.2 Å². The van der Waals surface area contributed by atoms with E-state index in [1.165, 1.54) is 6.92 Å². The van der Waals surface area contributed by atoms with Gasteiger partial charge in [0.25, 0.3) is 6.43 Å². The second-order valence-electron chi connectivity index (χ2n) is 9.29. The van der Waals surface area contributed by atoms with E-state index in [-0.39, 0.29) is 24.3 Å². The molecule has 0 bridgehead atoms. The van der Waals surface area contributed by atoms with Crippen molar-refractivity contribution in [3.63, 3.8) is 0 Å². The van der Waals surface area contributed by atoms with Crippen molar-refractivity contribution in [3.8, 4) is 16.5 Å². The third kappa shape index (κ3) is 5.96. The number of amides is 1. The summed E-state index contributed by atoms with van der Waals surface area (Å²) < 4.78 is 61.4. The van der Waals surface area contributed by atoms with Crippen LogP contribution >= 0.6 is 21.9 Å². The molecule has 1 aliphatic carbocycles. The number of benzene rings is 1. The van der Waals surface area contributed by atoms with E-state index in [1.807, 2.05) is 35.2 Å². The minimum absolute atomic E-state index is 0.0529. The van der Waals surface area contributed by atoms with Gasteiger partial charge >= 0.3 is 0 Å². The molecule has 4 atom stereocenters. The van der Waals surface area contributed by atoms with Gasteiger partial charge in [0, 0.05) is 30.6 Å². The summed E-state index contributed by atoms with van der Waals surface area (Å²) >= 11 is 0.873. The summed E-state index contributed by atoms with van der Waals surface area (Å²) in [5.41, 5.74) is 1.92. The number of rotatable bonds is 6. The lowest BCUT2D eigenvalue weighted by molar-refractivity contribution is -0.127. The maximum Gasteiger partial charge on any atom is 0.289 e. The second kappa shape index (κ2) is 11.0. The van der Waals surface area contributed by atoms with Crippen molar-refractivity contribution in [1.82, 2.24) is 10.3 Å². The van der Waals surface area contributed by atoms with Crippen molar-refractivity contribution in [3.05, 3.63) is 35.0 Å². The minimum Gasteiger partial charge on any atom is -0.368 e. The van der Waals surface area contributed by atoms with Crippen LogP contribution in [0.2, 0.25) is 0 Å². The van der Waals surface area contributed by atoms with Gasteiger partial charge < -0.3 is 10.2 Å². The Balaban J connectivity index is 1.64. The van der Waals surface area contributed by atoms with Crippen LogP contribution in [0.1, 0.15) is 49.2 Å². The van der Waals surface area contributed by atoms with Crippen LogP contribution in [-0.4, -0.2) is 56.8 Å². The number of alkyl halides is 3. The first-order chi connectivity index (χ1) is 17.1. The fourth-order valence-corrected chi connectivity index (χ4v) is 7.03. The van der Waals surface area contributed by atoms with Crippen molar-refractivity contribution in [2.75, 3.05) is 29.5 Å². The number of thiazole rings is 1. The standard InChI is InChI=1S/C24H29F3N4O3S2/c1-14(13-28)29-23(32)19-12-16(25)4-7-18(19)20-21(35-24(30-20)22(26)27)15-2-5-17(6-3-15)31-8-10-36(33,34)11-9-31/h2-3,5-6,14,16,18-19,22,33-34H,4,7-12H2,1H3,(H,29,32)/t14-,16-,18+,19+/m0/s1. The average Bonchev–Trinajstić information content (AvgIpc) is 3.30. The smallest absolute Gasteiger partial charge is 0.289 e. The highest BCUT2D eigenvalue weighted by molar-refractivity contribution is 8.24. The fraction of sp³-hybridized carbons (Fsp3) is 0.542. The summed E-state index contributed by atoms with van der Waals surface area (Å²) in [4.78, 5) is 19.7. The Bertz CT molecular complexity index is 1110. The average molecular weight is 543 g/mol. The van der Waals surface area contributed by atoms with Crippen LogP contribution in [-0.2, 0) is 4.79 Å². The van der Waals surface area contributed by atoms with Gasteiger partial charge in [-0.15, -0.1) is 11.3 Å². The molecule has 1 aliphatic heterocycles. The van der Waals surface area contributed by atoms with Gasteiger partial charge in [-0.25, -0.2) is 18.2 Å². The van der Waals surface area contributed by atoms with Crippen LogP contribution in [0.3, 0.4) is 0 Å². The van der Waals surface area contributed by atoms with Crippen molar-refractivity contribution >= 4 is 33.5 Å². The lowest BCUT2D eigenvalue weighted by atomic mass is 9.75. The molecule has 196 valence electrons. The van der Waals surface area contributed by atoms with Gasteiger partial charge in [-0.1, -0.05) is 12.1 Å². The van der Waals surface area contributed by atoms with Crippen molar-refractivity contribution in [2.24, 2.45) is 5.92 Å². The van der Waals surface area contributed by atoms with Gasteiger partial charge in [0.2, 0.25) is 5.91 Å². The van der Waals surface area contributed by atoms with E-state index < -0.39 is 47.0 Å². The van der Waals surface area contributed by atoms with E-state index in [4.69, 9.17) is 5.26 Å². The Morgan fingerprint density at radius 1 is 1.25 bits per heavy atom. The van der Waals surface area contributed by atoms with Crippen molar-refractivity contribution in [2.45, 2.75) is 50.7 Å². The molecule has 1 saturated heterocycles. The summed E-state index contributed by atoms with van der Waals surface area (Å²) in [7, 11) is -2.52. The first kappa shape index (κ1) is 26.7. The Kier molecular flexibility index (Phi) is 8.14.